The molecule has 0 spiro atoms. The van der Waals surface area contributed by atoms with E-state index < -0.39 is 28.7 Å². The van der Waals surface area contributed by atoms with Crippen LogP contribution in [-0.4, -0.2) is 16.2 Å². The summed E-state index contributed by atoms with van der Waals surface area (Å²) in [7, 11) is 0. The number of fused-ring (bicyclic) bond motifs is 1. The van der Waals surface area contributed by atoms with E-state index in [2.05, 4.69) is 4.42 Å². The number of aromatic carboxylic acids is 1. The molecule has 1 heterocycles. The SMILES string of the molecule is O=C(O)c1cc2cc(F)c(O)cc2oc1=O. The largest absolute Gasteiger partial charge is 0.505 e. The molecular weight excluding hydrogens is 219 g/mol. The number of carboxylic acid groups (broad SMARTS) is 1. The van der Waals surface area contributed by atoms with E-state index in [9.17, 15) is 14.0 Å². The van der Waals surface area contributed by atoms with Crippen molar-refractivity contribution in [2.45, 2.75) is 0 Å². The second-order valence-corrected chi connectivity index (χ2v) is 3.09. The summed E-state index contributed by atoms with van der Waals surface area (Å²) in [5, 5.41) is 17.8. The van der Waals surface area contributed by atoms with Gasteiger partial charge in [0, 0.05) is 11.5 Å². The minimum absolute atomic E-state index is 0.0751. The molecule has 0 atom stereocenters. The van der Waals surface area contributed by atoms with E-state index in [1.54, 1.807) is 0 Å². The Hall–Kier alpha value is -2.37. The molecule has 0 fully saturated rings. The molecule has 6 heteroatoms. The molecule has 2 N–H and O–H groups in total. The van der Waals surface area contributed by atoms with Gasteiger partial charge in [0.15, 0.2) is 11.6 Å². The van der Waals surface area contributed by atoms with E-state index in [0.717, 1.165) is 18.2 Å². The van der Waals surface area contributed by atoms with Crippen molar-refractivity contribution in [2.75, 3.05) is 0 Å². The predicted octanol–water partition coefficient (Wildman–Crippen LogP) is 1.34. The topological polar surface area (TPSA) is 87.7 Å². The van der Waals surface area contributed by atoms with Gasteiger partial charge in [-0.1, -0.05) is 0 Å². The summed E-state index contributed by atoms with van der Waals surface area (Å²) < 4.78 is 17.6. The number of benzene rings is 1. The van der Waals surface area contributed by atoms with Crippen LogP contribution in [0.25, 0.3) is 11.0 Å². The Balaban J connectivity index is 2.85. The lowest BCUT2D eigenvalue weighted by molar-refractivity contribution is 0.0692. The number of phenolic OH excluding ortho intramolecular Hbond substituents is 1. The van der Waals surface area contributed by atoms with Crippen molar-refractivity contribution in [3.8, 4) is 5.75 Å². The third-order valence-corrected chi connectivity index (χ3v) is 2.03. The average molecular weight is 224 g/mol. The van der Waals surface area contributed by atoms with Crippen LogP contribution >= 0.6 is 0 Å². The minimum Gasteiger partial charge on any atom is -0.505 e. The van der Waals surface area contributed by atoms with E-state index in [4.69, 9.17) is 10.2 Å². The third kappa shape index (κ3) is 1.50. The summed E-state index contributed by atoms with van der Waals surface area (Å²) >= 11 is 0. The van der Waals surface area contributed by atoms with E-state index in [1.807, 2.05) is 0 Å². The molecule has 0 aliphatic rings. The lowest BCUT2D eigenvalue weighted by Gasteiger charge is -2.00. The minimum atomic E-state index is -1.45. The Morgan fingerprint density at radius 1 is 1.31 bits per heavy atom. The first-order chi connectivity index (χ1) is 7.49. The molecule has 1 aromatic carbocycles. The van der Waals surface area contributed by atoms with Crippen molar-refractivity contribution in [2.24, 2.45) is 0 Å². The van der Waals surface area contributed by atoms with Crippen molar-refractivity contribution in [3.05, 3.63) is 40.0 Å². The molecule has 0 radical (unpaired) electrons. The van der Waals surface area contributed by atoms with Crippen molar-refractivity contribution in [1.82, 2.24) is 0 Å². The van der Waals surface area contributed by atoms with E-state index in [0.29, 0.717) is 0 Å². The van der Waals surface area contributed by atoms with Crippen molar-refractivity contribution < 1.29 is 23.8 Å². The Morgan fingerprint density at radius 3 is 2.62 bits per heavy atom. The molecule has 0 amide bonds. The summed E-state index contributed by atoms with van der Waals surface area (Å²) in [4.78, 5) is 21.8. The van der Waals surface area contributed by atoms with E-state index in [1.165, 1.54) is 0 Å². The highest BCUT2D eigenvalue weighted by Crippen LogP contribution is 2.23. The molecule has 2 rings (SSSR count). The number of halogens is 1. The molecule has 16 heavy (non-hydrogen) atoms. The highest BCUT2D eigenvalue weighted by atomic mass is 19.1. The van der Waals surface area contributed by atoms with Crippen LogP contribution in [0.2, 0.25) is 0 Å². The Kier molecular flexibility index (Phi) is 2.12. The zero-order valence-electron chi connectivity index (χ0n) is 7.73. The van der Waals surface area contributed by atoms with Gasteiger partial charge in [0.25, 0.3) is 0 Å². The van der Waals surface area contributed by atoms with Gasteiger partial charge in [0.1, 0.15) is 11.1 Å². The molecule has 0 bridgehead atoms. The summed E-state index contributed by atoms with van der Waals surface area (Å²) in [6, 6.07) is 2.80. The maximum Gasteiger partial charge on any atom is 0.351 e. The first-order valence-corrected chi connectivity index (χ1v) is 4.18. The van der Waals surface area contributed by atoms with Gasteiger partial charge in [-0.15, -0.1) is 0 Å². The van der Waals surface area contributed by atoms with Crippen LogP contribution in [0.3, 0.4) is 0 Å². The fraction of sp³-hybridized carbons (Fsp3) is 0. The third-order valence-electron chi connectivity index (χ3n) is 2.03. The molecule has 5 nitrogen and oxygen atoms in total. The summed E-state index contributed by atoms with van der Waals surface area (Å²) in [5.74, 6) is -3.04. The maximum absolute atomic E-state index is 13.0. The fourth-order valence-electron chi connectivity index (χ4n) is 1.28. The molecule has 82 valence electrons. The zero-order valence-corrected chi connectivity index (χ0v) is 7.73. The summed E-state index contributed by atoms with van der Waals surface area (Å²) in [6.07, 6.45) is 0. The number of carboxylic acids is 1. The number of aromatic hydroxyl groups is 1. The van der Waals surface area contributed by atoms with Gasteiger partial charge in [0.2, 0.25) is 0 Å². The number of rotatable bonds is 1. The molecule has 0 saturated carbocycles. The lowest BCUT2D eigenvalue weighted by Crippen LogP contribution is -2.12. The lowest BCUT2D eigenvalue weighted by atomic mass is 10.2. The summed E-state index contributed by atoms with van der Waals surface area (Å²) in [6.45, 7) is 0. The van der Waals surface area contributed by atoms with Gasteiger partial charge in [0.05, 0.1) is 0 Å². The Bertz CT molecular complexity index is 643. The van der Waals surface area contributed by atoms with Gasteiger partial charge >= 0.3 is 11.6 Å². The quantitative estimate of drug-likeness (QED) is 0.713. The number of carbonyl (C=O) groups is 1. The second-order valence-electron chi connectivity index (χ2n) is 3.09. The molecule has 0 aliphatic carbocycles. The Morgan fingerprint density at radius 2 is 2.00 bits per heavy atom. The van der Waals surface area contributed by atoms with Crippen LogP contribution in [0.5, 0.6) is 5.75 Å². The van der Waals surface area contributed by atoms with Crippen molar-refractivity contribution >= 4 is 16.9 Å². The van der Waals surface area contributed by atoms with Gasteiger partial charge in [-0.3, -0.25) is 0 Å². The normalized spacial score (nSPS) is 10.6. The number of hydrogen-bond donors (Lipinski definition) is 2. The highest BCUT2D eigenvalue weighted by Gasteiger charge is 2.13. The van der Waals surface area contributed by atoms with Gasteiger partial charge in [-0.2, -0.15) is 0 Å². The second kappa shape index (κ2) is 3.34. The van der Waals surface area contributed by atoms with Crippen molar-refractivity contribution in [3.63, 3.8) is 0 Å². The maximum atomic E-state index is 13.0. The number of hydrogen-bond acceptors (Lipinski definition) is 4. The van der Waals surface area contributed by atoms with Gasteiger partial charge < -0.3 is 14.6 Å². The first-order valence-electron chi connectivity index (χ1n) is 4.18. The standard InChI is InChI=1S/C10H5FO5/c11-6-2-4-1-5(9(13)14)10(15)16-8(4)3-7(6)12/h1-3,12H,(H,13,14). The molecule has 0 aliphatic heterocycles. The zero-order chi connectivity index (χ0) is 11.9. The van der Waals surface area contributed by atoms with Gasteiger partial charge in [-0.05, 0) is 12.1 Å². The summed E-state index contributed by atoms with van der Waals surface area (Å²) in [5.41, 5.74) is -1.71. The van der Waals surface area contributed by atoms with E-state index in [-0.39, 0.29) is 11.0 Å². The van der Waals surface area contributed by atoms with Crippen LogP contribution in [-0.2, 0) is 0 Å². The monoisotopic (exact) mass is 224 g/mol. The Labute approximate surface area is 87.4 Å². The molecule has 0 unspecified atom stereocenters. The molecule has 2 aromatic rings. The predicted molar refractivity (Wildman–Crippen MR) is 51.1 cm³/mol. The van der Waals surface area contributed by atoms with Gasteiger partial charge in [-0.25, -0.2) is 14.0 Å². The first kappa shape index (κ1) is 10.2. The van der Waals surface area contributed by atoms with Crippen LogP contribution < -0.4 is 5.63 Å². The fourth-order valence-corrected chi connectivity index (χ4v) is 1.28. The molecule has 1 aromatic heterocycles. The molecular formula is C10H5FO5. The number of phenols is 1. The average Bonchev–Trinajstić information content (AvgIpc) is 2.19. The smallest absolute Gasteiger partial charge is 0.351 e. The van der Waals surface area contributed by atoms with E-state index >= 15 is 0 Å². The van der Waals surface area contributed by atoms with Crippen LogP contribution in [0.1, 0.15) is 10.4 Å². The van der Waals surface area contributed by atoms with Crippen LogP contribution in [0.15, 0.2) is 27.4 Å². The van der Waals surface area contributed by atoms with Crippen molar-refractivity contribution in [1.29, 1.82) is 0 Å². The molecule has 0 saturated heterocycles. The highest BCUT2D eigenvalue weighted by molar-refractivity contribution is 5.91. The van der Waals surface area contributed by atoms with Crippen LogP contribution in [0.4, 0.5) is 4.39 Å². The van der Waals surface area contributed by atoms with Crippen LogP contribution in [0, 0.1) is 5.82 Å².